The normalized spacial score (nSPS) is 10.9. The minimum atomic E-state index is -0.522. The summed E-state index contributed by atoms with van der Waals surface area (Å²) in [5, 5.41) is 11.0. The third-order valence-electron chi connectivity index (χ3n) is 2.59. The zero-order valence-electron chi connectivity index (χ0n) is 10.5. The summed E-state index contributed by atoms with van der Waals surface area (Å²) in [4.78, 5) is 22.0. The van der Waals surface area contributed by atoms with Crippen molar-refractivity contribution in [2.45, 2.75) is 6.92 Å². The largest absolute Gasteiger partial charge is 0.458 e. The molecule has 1 aromatic heterocycles. The van der Waals surface area contributed by atoms with E-state index >= 15 is 0 Å². The van der Waals surface area contributed by atoms with Gasteiger partial charge in [0, 0.05) is 17.2 Å². The minimum Gasteiger partial charge on any atom is -0.458 e. The Bertz CT molecular complexity index is 703. The molecule has 5 nitrogen and oxygen atoms in total. The molecule has 0 radical (unpaired) electrons. The van der Waals surface area contributed by atoms with E-state index in [0.29, 0.717) is 16.3 Å². The Hall–Kier alpha value is -2.40. The van der Waals surface area contributed by atoms with Crippen molar-refractivity contribution >= 4 is 29.1 Å². The first kappa shape index (κ1) is 14.0. The molecule has 1 heterocycles. The smallest absolute Gasteiger partial charge is 0.270 e. The van der Waals surface area contributed by atoms with Crippen molar-refractivity contribution in [2.75, 3.05) is 0 Å². The van der Waals surface area contributed by atoms with E-state index in [-0.39, 0.29) is 17.2 Å². The lowest BCUT2D eigenvalue weighted by atomic mass is 10.1. The van der Waals surface area contributed by atoms with Gasteiger partial charge in [0.05, 0.1) is 4.92 Å². The molecular formula is C14H10ClNO4. The number of aryl methyl sites for hydroxylation is 1. The molecule has 0 saturated carbocycles. The molecule has 2 aromatic rings. The Kier molecular flexibility index (Phi) is 4.00. The third kappa shape index (κ3) is 3.13. The molecule has 0 aliphatic rings. The first-order valence-corrected chi connectivity index (χ1v) is 6.08. The van der Waals surface area contributed by atoms with Crippen LogP contribution in [0.4, 0.5) is 5.69 Å². The number of carbonyl (C=O) groups excluding carboxylic acids is 1. The molecule has 0 atom stereocenters. The SMILES string of the molecule is Cc1ccc(C(=O)/C=C/c2cc([N+](=O)[O-])ccc2Cl)o1. The molecule has 0 aliphatic carbocycles. The topological polar surface area (TPSA) is 73.3 Å². The standard InChI is InChI=1S/C14H10ClNO4/c1-9-2-7-14(20-9)13(17)6-3-10-8-11(16(18)19)4-5-12(10)15/h2-8H,1H3/b6-3+. The fourth-order valence-corrected chi connectivity index (χ4v) is 1.77. The quantitative estimate of drug-likeness (QED) is 0.369. The van der Waals surface area contributed by atoms with Crippen LogP contribution in [0.25, 0.3) is 6.08 Å². The Labute approximate surface area is 119 Å². The number of nitro groups is 1. The lowest BCUT2D eigenvalue weighted by Gasteiger charge is -1.98. The van der Waals surface area contributed by atoms with Crippen molar-refractivity contribution in [1.29, 1.82) is 0 Å². The summed E-state index contributed by atoms with van der Waals surface area (Å²) >= 11 is 5.93. The second-order valence-electron chi connectivity index (χ2n) is 4.07. The van der Waals surface area contributed by atoms with Crippen molar-refractivity contribution < 1.29 is 14.1 Å². The van der Waals surface area contributed by atoms with Crippen molar-refractivity contribution in [2.24, 2.45) is 0 Å². The number of non-ortho nitro benzene ring substituents is 1. The molecule has 102 valence electrons. The zero-order chi connectivity index (χ0) is 14.7. The molecular weight excluding hydrogens is 282 g/mol. The number of nitro benzene ring substituents is 1. The van der Waals surface area contributed by atoms with Gasteiger partial charge in [-0.2, -0.15) is 0 Å². The lowest BCUT2D eigenvalue weighted by Crippen LogP contribution is -1.92. The summed E-state index contributed by atoms with van der Waals surface area (Å²) in [5.41, 5.74) is 0.313. The summed E-state index contributed by atoms with van der Waals surface area (Å²) in [6.45, 7) is 1.73. The monoisotopic (exact) mass is 291 g/mol. The maximum atomic E-state index is 11.8. The Morgan fingerprint density at radius 3 is 2.70 bits per heavy atom. The van der Waals surface area contributed by atoms with Crippen LogP contribution in [0.1, 0.15) is 21.9 Å². The van der Waals surface area contributed by atoms with Crippen LogP contribution >= 0.6 is 11.6 Å². The summed E-state index contributed by atoms with van der Waals surface area (Å²) in [7, 11) is 0. The van der Waals surface area contributed by atoms with Gasteiger partial charge in [0.1, 0.15) is 5.76 Å². The number of allylic oxidation sites excluding steroid dienone is 1. The third-order valence-corrected chi connectivity index (χ3v) is 2.93. The van der Waals surface area contributed by atoms with Crippen LogP contribution in [-0.2, 0) is 0 Å². The van der Waals surface area contributed by atoms with Crippen LogP contribution in [0.3, 0.4) is 0 Å². The molecule has 0 spiro atoms. The predicted octanol–water partition coefficient (Wildman–Crippen LogP) is 4.05. The van der Waals surface area contributed by atoms with Gasteiger partial charge in [0.25, 0.3) is 5.69 Å². The number of ketones is 1. The fourth-order valence-electron chi connectivity index (χ4n) is 1.59. The Balaban J connectivity index is 2.25. The molecule has 0 amide bonds. The lowest BCUT2D eigenvalue weighted by molar-refractivity contribution is -0.384. The van der Waals surface area contributed by atoms with Crippen LogP contribution in [0.2, 0.25) is 5.02 Å². The highest BCUT2D eigenvalue weighted by atomic mass is 35.5. The van der Waals surface area contributed by atoms with E-state index in [1.807, 2.05) is 0 Å². The van der Waals surface area contributed by atoms with E-state index in [1.165, 1.54) is 30.4 Å². The molecule has 2 rings (SSSR count). The van der Waals surface area contributed by atoms with Gasteiger partial charge in [-0.1, -0.05) is 11.6 Å². The summed E-state index contributed by atoms with van der Waals surface area (Å²) in [6.07, 6.45) is 2.69. The van der Waals surface area contributed by atoms with Gasteiger partial charge in [-0.3, -0.25) is 14.9 Å². The molecule has 0 unspecified atom stereocenters. The zero-order valence-corrected chi connectivity index (χ0v) is 11.3. The van der Waals surface area contributed by atoms with Gasteiger partial charge in [0.2, 0.25) is 5.78 Å². The van der Waals surface area contributed by atoms with Crippen LogP contribution in [0, 0.1) is 17.0 Å². The van der Waals surface area contributed by atoms with Crippen LogP contribution in [-0.4, -0.2) is 10.7 Å². The van der Waals surface area contributed by atoms with Crippen LogP contribution in [0.15, 0.2) is 40.8 Å². The predicted molar refractivity (Wildman–Crippen MR) is 74.9 cm³/mol. The molecule has 1 aromatic carbocycles. The highest BCUT2D eigenvalue weighted by molar-refractivity contribution is 6.32. The first-order valence-electron chi connectivity index (χ1n) is 5.70. The average molecular weight is 292 g/mol. The maximum absolute atomic E-state index is 11.8. The van der Waals surface area contributed by atoms with E-state index < -0.39 is 4.92 Å². The highest BCUT2D eigenvalue weighted by Gasteiger charge is 2.09. The van der Waals surface area contributed by atoms with Crippen molar-refractivity contribution in [3.63, 3.8) is 0 Å². The van der Waals surface area contributed by atoms with Crippen LogP contribution in [0.5, 0.6) is 0 Å². The maximum Gasteiger partial charge on any atom is 0.270 e. The number of furan rings is 1. The van der Waals surface area contributed by atoms with E-state index in [0.717, 1.165) is 0 Å². The minimum absolute atomic E-state index is 0.0876. The van der Waals surface area contributed by atoms with Gasteiger partial charge in [-0.05, 0) is 42.8 Å². The average Bonchev–Trinajstić information content (AvgIpc) is 2.84. The van der Waals surface area contributed by atoms with Crippen molar-refractivity contribution in [3.05, 3.63) is 68.6 Å². The van der Waals surface area contributed by atoms with Gasteiger partial charge in [-0.15, -0.1) is 0 Å². The molecule has 0 saturated heterocycles. The van der Waals surface area contributed by atoms with Crippen molar-refractivity contribution in [1.82, 2.24) is 0 Å². The van der Waals surface area contributed by atoms with Gasteiger partial charge in [0.15, 0.2) is 5.76 Å². The van der Waals surface area contributed by atoms with Gasteiger partial charge in [-0.25, -0.2) is 0 Å². The number of benzene rings is 1. The van der Waals surface area contributed by atoms with E-state index in [1.54, 1.807) is 19.1 Å². The van der Waals surface area contributed by atoms with E-state index in [9.17, 15) is 14.9 Å². The Morgan fingerprint density at radius 1 is 1.35 bits per heavy atom. The highest BCUT2D eigenvalue weighted by Crippen LogP contribution is 2.23. The van der Waals surface area contributed by atoms with E-state index in [2.05, 4.69) is 0 Å². The van der Waals surface area contributed by atoms with Gasteiger partial charge < -0.3 is 4.42 Å². The molecule has 0 bridgehead atoms. The van der Waals surface area contributed by atoms with E-state index in [4.69, 9.17) is 16.0 Å². The molecule has 0 aliphatic heterocycles. The number of halogens is 1. The molecule has 20 heavy (non-hydrogen) atoms. The summed E-state index contributed by atoms with van der Waals surface area (Å²) in [6, 6.07) is 7.27. The first-order chi connectivity index (χ1) is 9.47. The fraction of sp³-hybridized carbons (Fsp3) is 0.0714. The molecule has 0 N–H and O–H groups in total. The second kappa shape index (κ2) is 5.71. The Morgan fingerprint density at radius 2 is 2.10 bits per heavy atom. The molecule has 0 fully saturated rings. The van der Waals surface area contributed by atoms with Crippen molar-refractivity contribution in [3.8, 4) is 0 Å². The number of hydrogen-bond donors (Lipinski definition) is 0. The summed E-state index contributed by atoms with van der Waals surface area (Å²) in [5.74, 6) is 0.510. The second-order valence-corrected chi connectivity index (χ2v) is 4.48. The van der Waals surface area contributed by atoms with Crippen LogP contribution < -0.4 is 0 Å². The van der Waals surface area contributed by atoms with Gasteiger partial charge >= 0.3 is 0 Å². The number of nitrogens with zero attached hydrogens (tertiary/aromatic N) is 1. The molecule has 6 heteroatoms. The number of carbonyl (C=O) groups is 1. The summed E-state index contributed by atoms with van der Waals surface area (Å²) < 4.78 is 5.18. The number of rotatable bonds is 4. The number of hydrogen-bond acceptors (Lipinski definition) is 4.